The number of benzene rings is 1. The lowest BCUT2D eigenvalue weighted by Gasteiger charge is -2.46. The zero-order valence-electron chi connectivity index (χ0n) is 15.0. The first-order chi connectivity index (χ1) is 12.9. The topological polar surface area (TPSA) is 76.7 Å². The van der Waals surface area contributed by atoms with Crippen LogP contribution in [-0.2, 0) is 21.5 Å². The van der Waals surface area contributed by atoms with Crippen LogP contribution < -0.4 is 15.4 Å². The van der Waals surface area contributed by atoms with Crippen molar-refractivity contribution in [3.05, 3.63) is 29.3 Å². The van der Waals surface area contributed by atoms with Crippen LogP contribution in [0.1, 0.15) is 43.7 Å². The second-order valence-corrected chi connectivity index (χ2v) is 7.47. The Kier molecular flexibility index (Phi) is 4.33. The number of fused-ring (bicyclic) bond motifs is 3. The van der Waals surface area contributed by atoms with Crippen LogP contribution >= 0.6 is 0 Å². The summed E-state index contributed by atoms with van der Waals surface area (Å²) in [4.78, 5) is 25.0. The van der Waals surface area contributed by atoms with E-state index in [0.29, 0.717) is 31.4 Å². The predicted molar refractivity (Wildman–Crippen MR) is 91.4 cm³/mol. The number of nitrogens with one attached hydrogen (secondary N) is 2. The number of alkyl halides is 2. The van der Waals surface area contributed by atoms with Gasteiger partial charge in [-0.3, -0.25) is 10.1 Å². The molecule has 2 N–H and O–H groups in total. The van der Waals surface area contributed by atoms with Gasteiger partial charge in [0.1, 0.15) is 5.75 Å². The maximum Gasteiger partial charge on any atom is 0.387 e. The Bertz CT molecular complexity index is 777. The van der Waals surface area contributed by atoms with Gasteiger partial charge in [-0.25, -0.2) is 4.79 Å². The van der Waals surface area contributed by atoms with Crippen LogP contribution in [0.25, 0.3) is 0 Å². The van der Waals surface area contributed by atoms with Gasteiger partial charge in [0.2, 0.25) is 0 Å². The van der Waals surface area contributed by atoms with Crippen LogP contribution in [0.4, 0.5) is 13.6 Å². The molecule has 2 aliphatic carbocycles. The van der Waals surface area contributed by atoms with Crippen LogP contribution in [0.5, 0.6) is 5.75 Å². The summed E-state index contributed by atoms with van der Waals surface area (Å²) in [5.74, 6) is -0.438. The number of imide groups is 1. The second kappa shape index (κ2) is 6.44. The Labute approximate surface area is 155 Å². The maximum absolute atomic E-state index is 13.0. The van der Waals surface area contributed by atoms with Gasteiger partial charge in [0.15, 0.2) is 5.54 Å². The average Bonchev–Trinajstić information content (AvgIpc) is 3.06. The van der Waals surface area contributed by atoms with Crippen molar-refractivity contribution in [1.82, 2.24) is 10.6 Å². The SMILES string of the molecule is CCOC1CCC2(CC1)Cc1ccc(OC(F)F)cc1C21NC(=O)NC1=O. The van der Waals surface area contributed by atoms with Crippen molar-refractivity contribution in [3.8, 4) is 5.75 Å². The first-order valence-corrected chi connectivity index (χ1v) is 9.23. The Hall–Kier alpha value is -2.22. The van der Waals surface area contributed by atoms with E-state index in [4.69, 9.17) is 4.74 Å². The van der Waals surface area contributed by atoms with Gasteiger partial charge < -0.3 is 14.8 Å². The monoisotopic (exact) mass is 380 g/mol. The summed E-state index contributed by atoms with van der Waals surface area (Å²) >= 11 is 0. The molecule has 1 atom stereocenters. The highest BCUT2D eigenvalue weighted by atomic mass is 19.3. The summed E-state index contributed by atoms with van der Waals surface area (Å²) in [5.41, 5.74) is -0.316. The number of amides is 3. The molecule has 2 spiro atoms. The summed E-state index contributed by atoms with van der Waals surface area (Å²) in [5, 5.41) is 5.19. The minimum absolute atomic E-state index is 0.0165. The summed E-state index contributed by atoms with van der Waals surface area (Å²) in [6.07, 6.45) is 3.71. The Balaban J connectivity index is 1.76. The normalized spacial score (nSPS) is 32.1. The van der Waals surface area contributed by atoms with Gasteiger partial charge in [0.05, 0.1) is 6.10 Å². The highest BCUT2D eigenvalue weighted by molar-refractivity contribution is 6.08. The molecule has 1 aliphatic heterocycles. The molecule has 0 radical (unpaired) electrons. The second-order valence-electron chi connectivity index (χ2n) is 7.47. The molecule has 1 saturated carbocycles. The van der Waals surface area contributed by atoms with Crippen molar-refractivity contribution >= 4 is 11.9 Å². The molecule has 27 heavy (non-hydrogen) atoms. The van der Waals surface area contributed by atoms with Crippen LogP contribution in [0.2, 0.25) is 0 Å². The van der Waals surface area contributed by atoms with Gasteiger partial charge in [-0.1, -0.05) is 6.07 Å². The lowest BCUT2D eigenvalue weighted by molar-refractivity contribution is -0.131. The molecule has 0 aromatic heterocycles. The fourth-order valence-electron chi connectivity index (χ4n) is 5.13. The molecule has 2 fully saturated rings. The van der Waals surface area contributed by atoms with Crippen LogP contribution in [0.15, 0.2) is 18.2 Å². The standard InChI is InChI=1S/C19H22F2N2O4/c1-2-26-12-5-7-18(8-6-12)10-11-3-4-13(27-16(20)21)9-14(11)19(18)15(24)22-17(25)23-19/h3-4,9,12,16H,2,5-8,10H2,1H3,(H2,22,23,24,25). The fraction of sp³-hybridized carbons (Fsp3) is 0.579. The molecule has 6 nitrogen and oxygen atoms in total. The lowest BCUT2D eigenvalue weighted by atomic mass is 9.61. The summed E-state index contributed by atoms with van der Waals surface area (Å²) < 4.78 is 35.6. The first kappa shape index (κ1) is 18.2. The van der Waals surface area contributed by atoms with Gasteiger partial charge in [0.25, 0.3) is 5.91 Å². The van der Waals surface area contributed by atoms with E-state index in [2.05, 4.69) is 15.4 Å². The number of urea groups is 1. The highest BCUT2D eigenvalue weighted by Crippen LogP contribution is 2.59. The number of halogens is 2. The highest BCUT2D eigenvalue weighted by Gasteiger charge is 2.66. The molecule has 1 aromatic carbocycles. The zero-order valence-corrected chi connectivity index (χ0v) is 15.0. The number of rotatable bonds is 4. The Morgan fingerprint density at radius 1 is 1.26 bits per heavy atom. The third-order valence-corrected chi connectivity index (χ3v) is 6.20. The molecule has 3 amide bonds. The zero-order chi connectivity index (χ0) is 19.2. The summed E-state index contributed by atoms with van der Waals surface area (Å²) in [6.45, 7) is -0.371. The number of carbonyl (C=O) groups excluding carboxylic acids is 2. The van der Waals surface area contributed by atoms with Crippen molar-refractivity contribution in [2.24, 2.45) is 5.41 Å². The molecule has 3 aliphatic rings. The number of hydrogen-bond donors (Lipinski definition) is 2. The molecule has 0 bridgehead atoms. The third-order valence-electron chi connectivity index (χ3n) is 6.20. The van der Waals surface area contributed by atoms with E-state index < -0.39 is 29.5 Å². The Morgan fingerprint density at radius 2 is 2.00 bits per heavy atom. The molecular weight excluding hydrogens is 358 g/mol. The van der Waals surface area contributed by atoms with Crippen molar-refractivity contribution in [2.75, 3.05) is 6.61 Å². The van der Waals surface area contributed by atoms with E-state index in [9.17, 15) is 18.4 Å². The van der Waals surface area contributed by atoms with Gasteiger partial charge in [-0.2, -0.15) is 8.78 Å². The number of hydrogen-bond acceptors (Lipinski definition) is 4. The van der Waals surface area contributed by atoms with E-state index in [0.717, 1.165) is 18.4 Å². The van der Waals surface area contributed by atoms with Crippen LogP contribution in [0.3, 0.4) is 0 Å². The number of carbonyl (C=O) groups is 2. The van der Waals surface area contributed by atoms with Gasteiger partial charge >= 0.3 is 12.6 Å². The van der Waals surface area contributed by atoms with Crippen LogP contribution in [-0.4, -0.2) is 31.3 Å². The molecule has 146 valence electrons. The molecule has 4 rings (SSSR count). The molecule has 1 aromatic rings. The van der Waals surface area contributed by atoms with E-state index in [1.54, 1.807) is 6.07 Å². The van der Waals surface area contributed by atoms with Gasteiger partial charge in [-0.05, 0) is 62.3 Å². The summed E-state index contributed by atoms with van der Waals surface area (Å²) in [6, 6.07) is 4.11. The minimum Gasteiger partial charge on any atom is -0.435 e. The third kappa shape index (κ3) is 2.69. The fourth-order valence-corrected chi connectivity index (χ4v) is 5.13. The van der Waals surface area contributed by atoms with Crippen molar-refractivity contribution in [3.63, 3.8) is 0 Å². The molecule has 1 saturated heterocycles. The van der Waals surface area contributed by atoms with Gasteiger partial charge in [0, 0.05) is 12.0 Å². The smallest absolute Gasteiger partial charge is 0.387 e. The largest absolute Gasteiger partial charge is 0.435 e. The molecule has 1 unspecified atom stereocenters. The van der Waals surface area contributed by atoms with Crippen molar-refractivity contribution < 1.29 is 27.8 Å². The van der Waals surface area contributed by atoms with E-state index in [-0.39, 0.29) is 11.9 Å². The van der Waals surface area contributed by atoms with Gasteiger partial charge in [-0.15, -0.1) is 0 Å². The lowest BCUT2D eigenvalue weighted by Crippen LogP contribution is -2.56. The van der Waals surface area contributed by atoms with Crippen molar-refractivity contribution in [1.29, 1.82) is 0 Å². The molecule has 1 heterocycles. The van der Waals surface area contributed by atoms with E-state index >= 15 is 0 Å². The average molecular weight is 380 g/mol. The quantitative estimate of drug-likeness (QED) is 0.788. The predicted octanol–water partition coefficient (Wildman–Crippen LogP) is 2.84. The first-order valence-electron chi connectivity index (χ1n) is 9.23. The Morgan fingerprint density at radius 3 is 2.59 bits per heavy atom. The number of ether oxygens (including phenoxy) is 2. The molecule has 8 heteroatoms. The van der Waals surface area contributed by atoms with E-state index in [1.165, 1.54) is 12.1 Å². The molecular formula is C19H22F2N2O4. The van der Waals surface area contributed by atoms with E-state index in [1.807, 2.05) is 6.92 Å². The van der Waals surface area contributed by atoms with Crippen LogP contribution in [0, 0.1) is 5.41 Å². The maximum atomic E-state index is 13.0. The summed E-state index contributed by atoms with van der Waals surface area (Å²) in [7, 11) is 0. The minimum atomic E-state index is -2.96. The van der Waals surface area contributed by atoms with Crippen molar-refractivity contribution in [2.45, 2.75) is 57.3 Å².